The molecule has 80 valence electrons. The fraction of sp³-hybridized carbons (Fsp3) is 0.875. The molecule has 6 heteroatoms. The maximum absolute atomic E-state index is 11.4. The second-order valence-electron chi connectivity index (χ2n) is 3.55. The van der Waals surface area contributed by atoms with Crippen molar-refractivity contribution in [2.24, 2.45) is 0 Å². The van der Waals surface area contributed by atoms with Gasteiger partial charge >= 0.3 is 0 Å². The maximum Gasteiger partial charge on any atom is 0.172 e. The fourth-order valence-electron chi connectivity index (χ4n) is 1.61. The summed E-state index contributed by atoms with van der Waals surface area (Å²) in [5.41, 5.74) is 0. The highest BCUT2D eigenvalue weighted by atomic mass is 32.2. The molecule has 1 fully saturated rings. The Kier molecular flexibility index (Phi) is 2.61. The first-order valence-corrected chi connectivity index (χ1v) is 5.95. The monoisotopic (exact) mass is 219 g/mol. The van der Waals surface area contributed by atoms with Gasteiger partial charge in [0.2, 0.25) is 0 Å². The van der Waals surface area contributed by atoms with Gasteiger partial charge in [-0.05, 0) is 0 Å². The lowest BCUT2D eigenvalue weighted by molar-refractivity contribution is -0.256. The molecule has 1 aliphatic rings. The average Bonchev–Trinajstić information content (AvgIpc) is 2.03. The van der Waals surface area contributed by atoms with Crippen molar-refractivity contribution in [3.05, 3.63) is 0 Å². The molecule has 1 rings (SSSR count). The van der Waals surface area contributed by atoms with Crippen LogP contribution in [0.15, 0.2) is 0 Å². The van der Waals surface area contributed by atoms with Gasteiger partial charge in [-0.2, -0.15) is 5.26 Å². The molecule has 0 saturated heterocycles. The van der Waals surface area contributed by atoms with Crippen molar-refractivity contribution in [1.82, 2.24) is 0 Å². The summed E-state index contributed by atoms with van der Waals surface area (Å²) in [6, 6.07) is 1.83. The minimum absolute atomic E-state index is 0.0718. The van der Waals surface area contributed by atoms with Gasteiger partial charge in [0.05, 0.1) is 6.07 Å². The molecular formula is C8H13NO4S. The van der Waals surface area contributed by atoms with Crippen LogP contribution in [-0.4, -0.2) is 39.4 Å². The first kappa shape index (κ1) is 11.4. The van der Waals surface area contributed by atoms with Gasteiger partial charge in [-0.3, -0.25) is 0 Å². The lowest BCUT2D eigenvalue weighted by Gasteiger charge is -2.48. The van der Waals surface area contributed by atoms with E-state index in [0.29, 0.717) is 0 Å². The first-order valence-electron chi connectivity index (χ1n) is 4.06. The van der Waals surface area contributed by atoms with Gasteiger partial charge in [-0.15, -0.1) is 0 Å². The van der Waals surface area contributed by atoms with Crippen molar-refractivity contribution in [2.45, 2.75) is 23.4 Å². The van der Waals surface area contributed by atoms with Crippen molar-refractivity contribution >= 4 is 9.84 Å². The Morgan fingerprint density at radius 2 is 1.71 bits per heavy atom. The summed E-state index contributed by atoms with van der Waals surface area (Å²) in [5, 5.41) is 8.86. The van der Waals surface area contributed by atoms with Crippen LogP contribution in [0.5, 0.6) is 0 Å². The van der Waals surface area contributed by atoms with E-state index in [2.05, 4.69) is 0 Å². The van der Waals surface area contributed by atoms with Crippen molar-refractivity contribution in [3.63, 3.8) is 0 Å². The number of sulfone groups is 1. The average molecular weight is 219 g/mol. The molecule has 0 radical (unpaired) electrons. The van der Waals surface area contributed by atoms with Gasteiger partial charge < -0.3 is 9.47 Å². The van der Waals surface area contributed by atoms with Gasteiger partial charge in [-0.25, -0.2) is 8.42 Å². The van der Waals surface area contributed by atoms with Crippen molar-refractivity contribution in [3.8, 4) is 6.07 Å². The molecule has 0 aromatic carbocycles. The summed E-state index contributed by atoms with van der Waals surface area (Å²) in [7, 11) is -0.515. The largest absolute Gasteiger partial charge is 0.353 e. The highest BCUT2D eigenvalue weighted by Crippen LogP contribution is 2.48. The van der Waals surface area contributed by atoms with Gasteiger partial charge in [0.15, 0.2) is 20.4 Å². The van der Waals surface area contributed by atoms with Crippen LogP contribution < -0.4 is 0 Å². The van der Waals surface area contributed by atoms with Gasteiger partial charge in [0.1, 0.15) is 0 Å². The molecule has 0 aromatic rings. The molecule has 14 heavy (non-hydrogen) atoms. The minimum atomic E-state index is -3.39. The summed E-state index contributed by atoms with van der Waals surface area (Å²) in [6.07, 6.45) is 1.20. The molecule has 5 nitrogen and oxygen atoms in total. The third-order valence-electron chi connectivity index (χ3n) is 2.77. The number of methoxy groups -OCH3 is 2. The normalized spacial score (nSPS) is 23.6. The third kappa shape index (κ3) is 1.41. The van der Waals surface area contributed by atoms with Crippen LogP contribution in [0.3, 0.4) is 0 Å². The lowest BCUT2D eigenvalue weighted by atomic mass is 9.78. The topological polar surface area (TPSA) is 76.4 Å². The highest BCUT2D eigenvalue weighted by Gasteiger charge is 2.62. The Morgan fingerprint density at radius 3 is 1.93 bits per heavy atom. The summed E-state index contributed by atoms with van der Waals surface area (Å²) in [6.45, 7) is 0. The smallest absolute Gasteiger partial charge is 0.172 e. The zero-order chi connectivity index (χ0) is 11.0. The van der Waals surface area contributed by atoms with Crippen molar-refractivity contribution in [1.29, 1.82) is 5.26 Å². The number of nitrogens with zero attached hydrogens (tertiary/aromatic N) is 1. The number of nitriles is 1. The molecule has 0 aliphatic heterocycles. The Labute approximate surface area is 83.5 Å². The van der Waals surface area contributed by atoms with E-state index in [-0.39, 0.29) is 12.8 Å². The Hall–Kier alpha value is -0.640. The number of hydrogen-bond acceptors (Lipinski definition) is 5. The second kappa shape index (κ2) is 3.19. The van der Waals surface area contributed by atoms with Crippen LogP contribution >= 0.6 is 0 Å². The zero-order valence-electron chi connectivity index (χ0n) is 8.40. The van der Waals surface area contributed by atoms with Crippen LogP contribution in [-0.2, 0) is 19.3 Å². The second-order valence-corrected chi connectivity index (χ2v) is 5.88. The Morgan fingerprint density at radius 1 is 1.29 bits per heavy atom. The quantitative estimate of drug-likeness (QED) is 0.628. The van der Waals surface area contributed by atoms with Crippen LogP contribution in [0.4, 0.5) is 0 Å². The molecule has 0 unspecified atom stereocenters. The third-order valence-corrected chi connectivity index (χ3v) is 4.57. The van der Waals surface area contributed by atoms with E-state index < -0.39 is 20.4 Å². The van der Waals surface area contributed by atoms with Gasteiger partial charge in [-0.1, -0.05) is 0 Å². The van der Waals surface area contributed by atoms with Crippen LogP contribution in [0.1, 0.15) is 12.8 Å². The maximum atomic E-state index is 11.4. The predicted octanol–water partition coefficient (Wildman–Crippen LogP) is 0.0763. The van der Waals surface area contributed by atoms with E-state index in [0.717, 1.165) is 6.26 Å². The lowest BCUT2D eigenvalue weighted by Crippen LogP contribution is -2.61. The van der Waals surface area contributed by atoms with Crippen molar-refractivity contribution < 1.29 is 17.9 Å². The van der Waals surface area contributed by atoms with Crippen LogP contribution in [0, 0.1) is 11.3 Å². The van der Waals surface area contributed by atoms with E-state index in [4.69, 9.17) is 14.7 Å². The number of ether oxygens (including phenoxy) is 2. The molecular weight excluding hydrogens is 206 g/mol. The van der Waals surface area contributed by atoms with Crippen LogP contribution in [0.25, 0.3) is 0 Å². The van der Waals surface area contributed by atoms with E-state index in [1.807, 2.05) is 6.07 Å². The fourth-order valence-corrected chi connectivity index (χ4v) is 2.74. The van der Waals surface area contributed by atoms with Crippen LogP contribution in [0.2, 0.25) is 0 Å². The summed E-state index contributed by atoms with van der Waals surface area (Å²) in [4.78, 5) is 0. The van der Waals surface area contributed by atoms with E-state index in [1.54, 1.807) is 0 Å². The summed E-state index contributed by atoms with van der Waals surface area (Å²) < 4.78 is 31.4. The van der Waals surface area contributed by atoms with Crippen molar-refractivity contribution in [2.75, 3.05) is 20.5 Å². The molecule has 0 N–H and O–H groups in total. The predicted molar refractivity (Wildman–Crippen MR) is 49.2 cm³/mol. The molecule has 0 heterocycles. The van der Waals surface area contributed by atoms with E-state index in [1.165, 1.54) is 14.2 Å². The van der Waals surface area contributed by atoms with Gasteiger partial charge in [0.25, 0.3) is 0 Å². The zero-order valence-corrected chi connectivity index (χ0v) is 9.22. The molecule has 0 spiro atoms. The summed E-state index contributed by atoms with van der Waals surface area (Å²) in [5.74, 6) is -0.904. The van der Waals surface area contributed by atoms with E-state index >= 15 is 0 Å². The Balaban J connectivity index is 2.93. The van der Waals surface area contributed by atoms with E-state index in [9.17, 15) is 8.42 Å². The first-order chi connectivity index (χ1) is 6.35. The molecule has 1 saturated carbocycles. The Bertz CT molecular complexity index is 355. The number of hydrogen-bond donors (Lipinski definition) is 0. The molecule has 0 aromatic heterocycles. The molecule has 0 atom stereocenters. The molecule has 0 amide bonds. The molecule has 0 bridgehead atoms. The highest BCUT2D eigenvalue weighted by molar-refractivity contribution is 7.92. The number of rotatable bonds is 3. The van der Waals surface area contributed by atoms with Gasteiger partial charge in [0, 0.05) is 33.3 Å². The minimum Gasteiger partial charge on any atom is -0.353 e. The standard InChI is InChI=1S/C8H13NO4S/c1-12-8(13-2)4-7(5-8,6-9)14(3,10)11/h4-5H2,1-3H3. The molecule has 1 aliphatic carbocycles. The SMILES string of the molecule is COC1(OC)CC(C#N)(S(C)(=O)=O)C1. The summed E-state index contributed by atoms with van der Waals surface area (Å²) >= 11 is 0.